The van der Waals surface area contributed by atoms with Crippen LogP contribution < -0.4 is 9.64 Å². The predicted molar refractivity (Wildman–Crippen MR) is 132 cm³/mol. The molecule has 1 fully saturated rings. The number of anilines is 1. The number of nitrogens with zero attached hydrogens (tertiary/aromatic N) is 2. The van der Waals surface area contributed by atoms with Crippen LogP contribution in [0.15, 0.2) is 53.9 Å². The number of rotatable bonds is 6. The average molecular weight is 477 g/mol. The van der Waals surface area contributed by atoms with E-state index in [-0.39, 0.29) is 24.6 Å². The molecule has 1 amide bonds. The summed E-state index contributed by atoms with van der Waals surface area (Å²) in [5.74, 6) is -0.0292. The Morgan fingerprint density at radius 2 is 1.97 bits per heavy atom. The van der Waals surface area contributed by atoms with Crippen LogP contribution in [-0.4, -0.2) is 35.6 Å². The molecule has 1 aliphatic heterocycles. The Morgan fingerprint density at radius 1 is 1.18 bits per heavy atom. The van der Waals surface area contributed by atoms with Crippen LogP contribution in [0.3, 0.4) is 0 Å². The lowest BCUT2D eigenvalue weighted by atomic mass is 9.98. The van der Waals surface area contributed by atoms with Gasteiger partial charge in [0.25, 0.3) is 5.91 Å². The highest BCUT2D eigenvalue weighted by atomic mass is 32.1. The van der Waals surface area contributed by atoms with Gasteiger partial charge in [-0.2, -0.15) is 0 Å². The standard InChI is InChI=1S/C27H28N2O4S/c1-18(27(31)33-21-10-6-3-7-11-21)29-23-15-20(12-13-24(23)32-16-26(29)30)22-17-34-25(28-22)14-19-8-4-2-5-9-19/h2,4-5,8-9,12-13,15,17-18,21H,3,6-7,10-11,14,16H2,1H3. The first-order valence-electron chi connectivity index (χ1n) is 11.9. The first-order valence-corrected chi connectivity index (χ1v) is 12.7. The minimum atomic E-state index is -0.726. The van der Waals surface area contributed by atoms with Gasteiger partial charge in [-0.1, -0.05) is 36.8 Å². The van der Waals surface area contributed by atoms with Crippen LogP contribution >= 0.6 is 11.3 Å². The molecule has 176 valence electrons. The molecule has 0 saturated heterocycles. The van der Waals surface area contributed by atoms with Gasteiger partial charge in [0, 0.05) is 17.4 Å². The van der Waals surface area contributed by atoms with Crippen molar-refractivity contribution in [2.45, 2.75) is 57.6 Å². The van der Waals surface area contributed by atoms with Crippen molar-refractivity contribution in [2.75, 3.05) is 11.5 Å². The lowest BCUT2D eigenvalue weighted by Gasteiger charge is -2.34. The summed E-state index contributed by atoms with van der Waals surface area (Å²) in [6.07, 6.45) is 5.85. The number of benzene rings is 2. The summed E-state index contributed by atoms with van der Waals surface area (Å²) in [4.78, 5) is 32.1. The molecule has 7 heteroatoms. The number of hydrogen-bond acceptors (Lipinski definition) is 6. The van der Waals surface area contributed by atoms with Crippen molar-refractivity contribution in [2.24, 2.45) is 0 Å². The van der Waals surface area contributed by atoms with Gasteiger partial charge in [-0.25, -0.2) is 9.78 Å². The number of esters is 1. The molecule has 0 N–H and O–H groups in total. The predicted octanol–water partition coefficient (Wildman–Crippen LogP) is 5.39. The van der Waals surface area contributed by atoms with E-state index >= 15 is 0 Å². The van der Waals surface area contributed by atoms with Gasteiger partial charge in [-0.3, -0.25) is 9.69 Å². The molecule has 0 spiro atoms. The summed E-state index contributed by atoms with van der Waals surface area (Å²) in [5, 5.41) is 3.05. The third-order valence-corrected chi connectivity index (χ3v) is 7.30. The van der Waals surface area contributed by atoms with Crippen LogP contribution in [0.2, 0.25) is 0 Å². The van der Waals surface area contributed by atoms with E-state index in [0.29, 0.717) is 11.4 Å². The Labute approximate surface area is 203 Å². The molecular formula is C27H28N2O4S. The van der Waals surface area contributed by atoms with Gasteiger partial charge in [0.15, 0.2) is 6.61 Å². The van der Waals surface area contributed by atoms with E-state index in [1.54, 1.807) is 18.3 Å². The van der Waals surface area contributed by atoms with Gasteiger partial charge < -0.3 is 9.47 Å². The fraction of sp³-hybridized carbons (Fsp3) is 0.370. The van der Waals surface area contributed by atoms with Crippen LogP contribution in [0.5, 0.6) is 5.75 Å². The Kier molecular flexibility index (Phi) is 6.63. The number of aromatic nitrogens is 1. The molecule has 1 aliphatic carbocycles. The number of amides is 1. The molecule has 2 aliphatic rings. The zero-order chi connectivity index (χ0) is 23.5. The highest BCUT2D eigenvalue weighted by molar-refractivity contribution is 7.10. The molecule has 1 atom stereocenters. The summed E-state index contributed by atoms with van der Waals surface area (Å²) >= 11 is 1.61. The van der Waals surface area contributed by atoms with Crippen LogP contribution in [-0.2, 0) is 20.7 Å². The largest absolute Gasteiger partial charge is 0.482 e. The lowest BCUT2D eigenvalue weighted by Crippen LogP contribution is -2.49. The average Bonchev–Trinajstić information content (AvgIpc) is 3.33. The van der Waals surface area contributed by atoms with Crippen molar-refractivity contribution >= 4 is 28.9 Å². The molecule has 1 aromatic heterocycles. The maximum Gasteiger partial charge on any atom is 0.329 e. The quantitative estimate of drug-likeness (QED) is 0.446. The van der Waals surface area contributed by atoms with Crippen LogP contribution in [0.1, 0.15) is 49.6 Å². The highest BCUT2D eigenvalue weighted by Gasteiger charge is 2.35. The molecule has 5 rings (SSSR count). The first kappa shape index (κ1) is 22.6. The number of hydrogen-bond donors (Lipinski definition) is 0. The van der Waals surface area contributed by atoms with Gasteiger partial charge in [0.1, 0.15) is 17.9 Å². The topological polar surface area (TPSA) is 68.7 Å². The summed E-state index contributed by atoms with van der Waals surface area (Å²) in [6.45, 7) is 1.64. The number of carbonyl (C=O) groups excluding carboxylic acids is 2. The maximum absolute atomic E-state index is 12.9. The molecule has 2 heterocycles. The second-order valence-electron chi connectivity index (χ2n) is 8.90. The van der Waals surface area contributed by atoms with Gasteiger partial charge in [0.2, 0.25) is 0 Å². The third-order valence-electron chi connectivity index (χ3n) is 6.45. The van der Waals surface area contributed by atoms with Crippen LogP contribution in [0, 0.1) is 0 Å². The Balaban J connectivity index is 1.37. The molecule has 0 radical (unpaired) electrons. The maximum atomic E-state index is 12.9. The second-order valence-corrected chi connectivity index (χ2v) is 9.84. The van der Waals surface area contributed by atoms with E-state index in [1.807, 2.05) is 41.8 Å². The second kappa shape index (κ2) is 9.97. The summed E-state index contributed by atoms with van der Waals surface area (Å²) in [6, 6.07) is 15.2. The number of fused-ring (bicyclic) bond motifs is 1. The smallest absolute Gasteiger partial charge is 0.329 e. The van der Waals surface area contributed by atoms with Crippen molar-refractivity contribution in [3.05, 3.63) is 64.5 Å². The Morgan fingerprint density at radius 3 is 2.76 bits per heavy atom. The number of thiazole rings is 1. The number of carbonyl (C=O) groups is 2. The molecule has 2 aromatic carbocycles. The fourth-order valence-electron chi connectivity index (χ4n) is 4.60. The number of ether oxygens (including phenoxy) is 2. The molecule has 6 nitrogen and oxygen atoms in total. The highest BCUT2D eigenvalue weighted by Crippen LogP contribution is 2.38. The zero-order valence-electron chi connectivity index (χ0n) is 19.2. The monoisotopic (exact) mass is 476 g/mol. The molecule has 1 unspecified atom stereocenters. The van der Waals surface area contributed by atoms with E-state index in [9.17, 15) is 9.59 Å². The van der Waals surface area contributed by atoms with Gasteiger partial charge in [-0.15, -0.1) is 11.3 Å². The molecular weight excluding hydrogens is 448 g/mol. The van der Waals surface area contributed by atoms with Gasteiger partial charge in [0.05, 0.1) is 16.4 Å². The fourth-order valence-corrected chi connectivity index (χ4v) is 5.44. The summed E-state index contributed by atoms with van der Waals surface area (Å²) in [5.41, 5.74) is 3.52. The molecule has 3 aromatic rings. The van der Waals surface area contributed by atoms with E-state index in [4.69, 9.17) is 14.5 Å². The Hall–Kier alpha value is -3.19. The molecule has 0 bridgehead atoms. The lowest BCUT2D eigenvalue weighted by molar-refractivity contribution is -0.152. The van der Waals surface area contributed by atoms with Gasteiger partial charge in [-0.05, 0) is 56.4 Å². The van der Waals surface area contributed by atoms with Crippen LogP contribution in [0.4, 0.5) is 5.69 Å². The molecule has 34 heavy (non-hydrogen) atoms. The first-order chi connectivity index (χ1) is 16.6. The van der Waals surface area contributed by atoms with Crippen molar-refractivity contribution in [3.8, 4) is 17.0 Å². The van der Waals surface area contributed by atoms with Crippen molar-refractivity contribution < 1.29 is 19.1 Å². The van der Waals surface area contributed by atoms with Crippen molar-refractivity contribution in [3.63, 3.8) is 0 Å². The van der Waals surface area contributed by atoms with E-state index in [2.05, 4.69) is 12.1 Å². The minimum absolute atomic E-state index is 0.0521. The van der Waals surface area contributed by atoms with Crippen LogP contribution in [0.25, 0.3) is 11.3 Å². The zero-order valence-corrected chi connectivity index (χ0v) is 20.1. The molecule has 1 saturated carbocycles. The normalized spacial score (nSPS) is 17.1. The van der Waals surface area contributed by atoms with Gasteiger partial charge >= 0.3 is 5.97 Å². The SMILES string of the molecule is CC(C(=O)OC1CCCCC1)N1C(=O)COc2ccc(-c3csc(Cc4ccccc4)n3)cc21. The summed E-state index contributed by atoms with van der Waals surface area (Å²) < 4.78 is 11.4. The minimum Gasteiger partial charge on any atom is -0.482 e. The third kappa shape index (κ3) is 4.85. The Bertz CT molecular complexity index is 1170. The van der Waals surface area contributed by atoms with E-state index in [0.717, 1.165) is 48.4 Å². The van der Waals surface area contributed by atoms with Crippen molar-refractivity contribution in [1.82, 2.24) is 4.98 Å². The van der Waals surface area contributed by atoms with E-state index in [1.165, 1.54) is 16.9 Å². The summed E-state index contributed by atoms with van der Waals surface area (Å²) in [7, 11) is 0. The van der Waals surface area contributed by atoms with E-state index < -0.39 is 6.04 Å². The van der Waals surface area contributed by atoms with Crippen molar-refractivity contribution in [1.29, 1.82) is 0 Å².